The zero-order valence-electron chi connectivity index (χ0n) is 9.81. The van der Waals surface area contributed by atoms with Crippen LogP contribution in [0.15, 0.2) is 41.6 Å². The summed E-state index contributed by atoms with van der Waals surface area (Å²) in [5.74, 6) is 5.94. The number of hydrogen-bond donors (Lipinski definition) is 2. The number of nitrogens with zero attached hydrogens (tertiary/aromatic N) is 3. The van der Waals surface area contributed by atoms with Crippen LogP contribution in [0, 0.1) is 10.1 Å². The fourth-order valence-electron chi connectivity index (χ4n) is 1.39. The third-order valence-electron chi connectivity index (χ3n) is 2.28. The first-order valence-corrected chi connectivity index (χ1v) is 6.34. The fraction of sp³-hybridized carbons (Fsp3) is 0.0909. The average Bonchev–Trinajstić information content (AvgIpc) is 2.45. The topological polar surface area (TPSA) is 107 Å². The summed E-state index contributed by atoms with van der Waals surface area (Å²) < 4.78 is 0. The van der Waals surface area contributed by atoms with Crippen LogP contribution in [0.3, 0.4) is 0 Å². The highest BCUT2D eigenvalue weighted by Crippen LogP contribution is 2.29. The minimum absolute atomic E-state index is 0.125. The Labute approximate surface area is 113 Å². The minimum Gasteiger partial charge on any atom is -0.292 e. The van der Waals surface area contributed by atoms with Gasteiger partial charge in [0.15, 0.2) is 5.03 Å². The molecule has 2 rings (SSSR count). The van der Waals surface area contributed by atoms with Crippen molar-refractivity contribution in [3.8, 4) is 0 Å². The Bertz CT molecular complexity index is 579. The molecule has 0 fully saturated rings. The van der Waals surface area contributed by atoms with Gasteiger partial charge in [-0.1, -0.05) is 42.1 Å². The number of rotatable bonds is 5. The van der Waals surface area contributed by atoms with Crippen LogP contribution in [-0.2, 0) is 5.75 Å². The van der Waals surface area contributed by atoms with E-state index in [0.29, 0.717) is 5.75 Å². The molecular weight excluding hydrogens is 266 g/mol. The van der Waals surface area contributed by atoms with Crippen LogP contribution in [0.5, 0.6) is 0 Å². The van der Waals surface area contributed by atoms with Crippen LogP contribution in [0.4, 0.5) is 11.6 Å². The Kier molecular flexibility index (Phi) is 4.26. The van der Waals surface area contributed by atoms with Gasteiger partial charge in [-0.3, -0.25) is 15.5 Å². The molecule has 1 heterocycles. The predicted molar refractivity (Wildman–Crippen MR) is 72.5 cm³/mol. The third kappa shape index (κ3) is 3.39. The van der Waals surface area contributed by atoms with Crippen LogP contribution in [0.2, 0.25) is 0 Å². The minimum atomic E-state index is -0.506. The van der Waals surface area contributed by atoms with Crippen molar-refractivity contribution in [2.24, 2.45) is 5.84 Å². The molecule has 98 valence electrons. The van der Waals surface area contributed by atoms with Gasteiger partial charge in [-0.2, -0.15) is 4.98 Å². The number of benzene rings is 1. The van der Waals surface area contributed by atoms with Crippen LogP contribution in [-0.4, -0.2) is 14.9 Å². The summed E-state index contributed by atoms with van der Waals surface area (Å²) in [5, 5.41) is 11.2. The molecule has 7 nitrogen and oxygen atoms in total. The first-order chi connectivity index (χ1) is 9.20. The Morgan fingerprint density at radius 3 is 2.74 bits per heavy atom. The predicted octanol–water partition coefficient (Wildman–Crippen LogP) is 1.96. The van der Waals surface area contributed by atoms with Crippen molar-refractivity contribution in [3.05, 3.63) is 52.2 Å². The third-order valence-corrected chi connectivity index (χ3v) is 3.33. The lowest BCUT2D eigenvalue weighted by Gasteiger charge is -2.04. The van der Waals surface area contributed by atoms with E-state index in [1.165, 1.54) is 11.8 Å². The first kappa shape index (κ1) is 13.2. The van der Waals surface area contributed by atoms with Gasteiger partial charge in [0.1, 0.15) is 6.20 Å². The van der Waals surface area contributed by atoms with Gasteiger partial charge >= 0.3 is 5.69 Å². The van der Waals surface area contributed by atoms with Crippen molar-refractivity contribution in [3.63, 3.8) is 0 Å². The van der Waals surface area contributed by atoms with Crippen LogP contribution >= 0.6 is 11.8 Å². The standard InChI is InChI=1S/C11H11N5O2S/c12-15-11-13-6-9(16(17)18)10(14-11)19-7-8-4-2-1-3-5-8/h1-6H,7,12H2,(H,13,14,15). The van der Waals surface area contributed by atoms with Gasteiger partial charge in [-0.25, -0.2) is 10.8 Å². The van der Waals surface area contributed by atoms with Crippen LogP contribution in [0.1, 0.15) is 5.56 Å². The molecule has 0 saturated heterocycles. The number of nitrogen functional groups attached to an aromatic ring is 1. The smallest absolute Gasteiger partial charge is 0.292 e. The SMILES string of the molecule is NNc1ncc([N+](=O)[O-])c(SCc2ccccc2)n1. The molecule has 8 heteroatoms. The zero-order valence-corrected chi connectivity index (χ0v) is 10.6. The Hall–Kier alpha value is -2.19. The molecule has 0 aliphatic carbocycles. The van der Waals surface area contributed by atoms with Gasteiger partial charge < -0.3 is 0 Å². The maximum atomic E-state index is 10.9. The van der Waals surface area contributed by atoms with E-state index >= 15 is 0 Å². The summed E-state index contributed by atoms with van der Waals surface area (Å²) >= 11 is 1.27. The van der Waals surface area contributed by atoms with E-state index in [1.54, 1.807) is 0 Å². The van der Waals surface area contributed by atoms with E-state index in [0.717, 1.165) is 11.8 Å². The van der Waals surface area contributed by atoms with E-state index in [2.05, 4.69) is 15.4 Å². The van der Waals surface area contributed by atoms with E-state index in [-0.39, 0.29) is 16.7 Å². The summed E-state index contributed by atoms with van der Waals surface area (Å²) in [6.45, 7) is 0. The fourth-order valence-corrected chi connectivity index (χ4v) is 2.31. The molecule has 0 bridgehead atoms. The Morgan fingerprint density at radius 1 is 1.37 bits per heavy atom. The lowest BCUT2D eigenvalue weighted by atomic mass is 10.2. The molecule has 3 N–H and O–H groups in total. The molecule has 1 aromatic heterocycles. The summed E-state index contributed by atoms with van der Waals surface area (Å²) in [6, 6.07) is 9.64. The summed E-state index contributed by atoms with van der Waals surface area (Å²) in [4.78, 5) is 18.1. The second-order valence-electron chi connectivity index (χ2n) is 3.56. The van der Waals surface area contributed by atoms with Crippen molar-refractivity contribution in [2.45, 2.75) is 10.8 Å². The molecule has 2 aromatic rings. The highest BCUT2D eigenvalue weighted by Gasteiger charge is 2.17. The van der Waals surface area contributed by atoms with Gasteiger partial charge in [-0.05, 0) is 5.56 Å². The van der Waals surface area contributed by atoms with Crippen molar-refractivity contribution >= 4 is 23.4 Å². The molecule has 0 amide bonds. The van der Waals surface area contributed by atoms with Crippen LogP contribution < -0.4 is 11.3 Å². The zero-order chi connectivity index (χ0) is 13.7. The highest BCUT2D eigenvalue weighted by atomic mass is 32.2. The number of nitrogens with one attached hydrogen (secondary N) is 1. The lowest BCUT2D eigenvalue weighted by molar-refractivity contribution is -0.388. The van der Waals surface area contributed by atoms with Gasteiger partial charge in [0, 0.05) is 5.75 Å². The number of thioether (sulfide) groups is 1. The Balaban J connectivity index is 2.20. The highest BCUT2D eigenvalue weighted by molar-refractivity contribution is 7.98. The molecule has 0 radical (unpaired) electrons. The molecule has 0 saturated carbocycles. The molecule has 0 aliphatic rings. The van der Waals surface area contributed by atoms with Crippen LogP contribution in [0.25, 0.3) is 0 Å². The number of nitro groups is 1. The van der Waals surface area contributed by atoms with Crippen molar-refractivity contribution in [2.75, 3.05) is 5.43 Å². The number of aromatic nitrogens is 2. The molecule has 0 atom stereocenters. The molecule has 0 spiro atoms. The lowest BCUT2D eigenvalue weighted by Crippen LogP contribution is -2.11. The first-order valence-electron chi connectivity index (χ1n) is 5.35. The van der Waals surface area contributed by atoms with Gasteiger partial charge in [0.25, 0.3) is 0 Å². The largest absolute Gasteiger partial charge is 0.319 e. The number of hydrazine groups is 1. The van der Waals surface area contributed by atoms with Crippen molar-refractivity contribution in [1.82, 2.24) is 9.97 Å². The summed E-state index contributed by atoms with van der Waals surface area (Å²) in [7, 11) is 0. The van der Waals surface area contributed by atoms with Gasteiger partial charge in [-0.15, -0.1) is 0 Å². The maximum absolute atomic E-state index is 10.9. The number of anilines is 1. The molecule has 19 heavy (non-hydrogen) atoms. The summed E-state index contributed by atoms with van der Waals surface area (Å²) in [5.41, 5.74) is 3.21. The summed E-state index contributed by atoms with van der Waals surface area (Å²) in [6.07, 6.45) is 1.15. The monoisotopic (exact) mass is 277 g/mol. The average molecular weight is 277 g/mol. The molecule has 0 unspecified atom stereocenters. The van der Waals surface area contributed by atoms with E-state index in [1.807, 2.05) is 30.3 Å². The molecular formula is C11H11N5O2S. The Morgan fingerprint density at radius 2 is 2.11 bits per heavy atom. The van der Waals surface area contributed by atoms with E-state index in [4.69, 9.17) is 5.84 Å². The maximum Gasteiger partial charge on any atom is 0.319 e. The van der Waals surface area contributed by atoms with Gasteiger partial charge in [0.2, 0.25) is 5.95 Å². The van der Waals surface area contributed by atoms with Crippen molar-refractivity contribution < 1.29 is 4.92 Å². The molecule has 0 aliphatic heterocycles. The molecule has 1 aromatic carbocycles. The number of nitrogens with two attached hydrogens (primary N) is 1. The van der Waals surface area contributed by atoms with Crippen molar-refractivity contribution in [1.29, 1.82) is 0 Å². The quantitative estimate of drug-likeness (QED) is 0.283. The second kappa shape index (κ2) is 6.12. The van der Waals surface area contributed by atoms with Gasteiger partial charge in [0.05, 0.1) is 4.92 Å². The second-order valence-corrected chi connectivity index (χ2v) is 4.52. The van der Waals surface area contributed by atoms with E-state index < -0.39 is 4.92 Å². The number of hydrogen-bond acceptors (Lipinski definition) is 7. The van der Waals surface area contributed by atoms with E-state index in [9.17, 15) is 10.1 Å². The normalized spacial score (nSPS) is 10.2.